The molecule has 1 heterocycles. The lowest BCUT2D eigenvalue weighted by atomic mass is 10.0. The first-order valence-electron chi connectivity index (χ1n) is 8.88. The Morgan fingerprint density at radius 3 is 2.27 bits per heavy atom. The Morgan fingerprint density at radius 1 is 0.692 bits per heavy atom. The fourth-order valence-electron chi connectivity index (χ4n) is 3.81. The van der Waals surface area contributed by atoms with E-state index in [0.717, 1.165) is 27.9 Å². The molecule has 0 radical (unpaired) electrons. The monoisotopic (exact) mass is 337 g/mol. The van der Waals surface area contributed by atoms with Crippen LogP contribution in [0, 0.1) is 13.8 Å². The standard InChI is InChI=1S/C24H19NO/c1-15-7-5-8-16(2)23(15)25-20-12-6-11-19-22-18-10-4-3-9-17(18)13-14-21(22)26-24(19)20/h3-14,25H,1-2H3. The van der Waals surface area contributed by atoms with Gasteiger partial charge in [-0.3, -0.25) is 0 Å². The molecule has 5 rings (SSSR count). The minimum absolute atomic E-state index is 0.904. The number of aryl methyl sites for hydroxylation is 2. The van der Waals surface area contributed by atoms with Crippen LogP contribution in [0.5, 0.6) is 0 Å². The number of anilines is 2. The Balaban J connectivity index is 1.79. The van der Waals surface area contributed by atoms with E-state index in [2.05, 4.69) is 92.0 Å². The van der Waals surface area contributed by atoms with Crippen molar-refractivity contribution in [2.24, 2.45) is 0 Å². The van der Waals surface area contributed by atoms with Gasteiger partial charge in [0.05, 0.1) is 5.69 Å². The zero-order chi connectivity index (χ0) is 17.7. The molecule has 0 spiro atoms. The molecule has 0 atom stereocenters. The average Bonchev–Trinajstić information content (AvgIpc) is 3.05. The molecule has 0 saturated carbocycles. The highest BCUT2D eigenvalue weighted by Gasteiger charge is 2.14. The van der Waals surface area contributed by atoms with Gasteiger partial charge in [0, 0.05) is 16.5 Å². The molecule has 0 unspecified atom stereocenters. The van der Waals surface area contributed by atoms with Gasteiger partial charge in [0.25, 0.3) is 0 Å². The summed E-state index contributed by atoms with van der Waals surface area (Å²) < 4.78 is 6.28. The van der Waals surface area contributed by atoms with E-state index in [0.29, 0.717) is 0 Å². The number of nitrogens with one attached hydrogen (secondary N) is 1. The van der Waals surface area contributed by atoms with E-state index in [4.69, 9.17) is 4.42 Å². The number of para-hydroxylation sites is 2. The van der Waals surface area contributed by atoms with Gasteiger partial charge in [-0.1, -0.05) is 60.7 Å². The van der Waals surface area contributed by atoms with Crippen LogP contribution in [0.2, 0.25) is 0 Å². The summed E-state index contributed by atoms with van der Waals surface area (Å²) in [5.41, 5.74) is 6.42. The quantitative estimate of drug-likeness (QED) is 0.371. The lowest BCUT2D eigenvalue weighted by Crippen LogP contribution is -1.96. The zero-order valence-electron chi connectivity index (χ0n) is 14.8. The number of hydrogen-bond donors (Lipinski definition) is 1. The highest BCUT2D eigenvalue weighted by molar-refractivity contribution is 6.20. The van der Waals surface area contributed by atoms with Crippen LogP contribution in [0.3, 0.4) is 0 Å². The van der Waals surface area contributed by atoms with E-state index in [9.17, 15) is 0 Å². The van der Waals surface area contributed by atoms with Crippen molar-refractivity contribution in [3.8, 4) is 0 Å². The van der Waals surface area contributed by atoms with Crippen molar-refractivity contribution in [1.82, 2.24) is 0 Å². The topological polar surface area (TPSA) is 25.2 Å². The van der Waals surface area contributed by atoms with Crippen molar-refractivity contribution >= 4 is 44.1 Å². The second-order valence-electron chi connectivity index (χ2n) is 6.84. The number of benzene rings is 4. The summed E-state index contributed by atoms with van der Waals surface area (Å²) in [7, 11) is 0. The highest BCUT2D eigenvalue weighted by Crippen LogP contribution is 2.38. The van der Waals surface area contributed by atoms with E-state index in [1.165, 1.54) is 27.3 Å². The highest BCUT2D eigenvalue weighted by atomic mass is 16.3. The summed E-state index contributed by atoms with van der Waals surface area (Å²) in [4.78, 5) is 0. The fraction of sp³-hybridized carbons (Fsp3) is 0.0833. The number of rotatable bonds is 2. The summed E-state index contributed by atoms with van der Waals surface area (Å²) in [6.07, 6.45) is 0. The van der Waals surface area contributed by atoms with Crippen LogP contribution < -0.4 is 5.32 Å². The SMILES string of the molecule is Cc1cccc(C)c1Nc1cccc2c1oc1ccc3ccccc3c12. The molecule has 0 aliphatic carbocycles. The molecule has 0 bridgehead atoms. The molecule has 0 saturated heterocycles. The summed E-state index contributed by atoms with van der Waals surface area (Å²) in [6, 6.07) is 25.3. The Labute approximate surface area is 152 Å². The van der Waals surface area contributed by atoms with Crippen LogP contribution in [0.1, 0.15) is 11.1 Å². The van der Waals surface area contributed by atoms with Crippen molar-refractivity contribution in [2.45, 2.75) is 13.8 Å². The minimum atomic E-state index is 0.904. The predicted molar refractivity (Wildman–Crippen MR) is 110 cm³/mol. The van der Waals surface area contributed by atoms with E-state index < -0.39 is 0 Å². The maximum atomic E-state index is 6.28. The summed E-state index contributed by atoms with van der Waals surface area (Å²) in [6.45, 7) is 4.25. The van der Waals surface area contributed by atoms with Crippen molar-refractivity contribution in [2.75, 3.05) is 5.32 Å². The Kier molecular flexibility index (Phi) is 3.26. The molecule has 0 aliphatic heterocycles. The van der Waals surface area contributed by atoms with Crippen LogP contribution in [0.25, 0.3) is 32.7 Å². The van der Waals surface area contributed by atoms with Gasteiger partial charge < -0.3 is 9.73 Å². The maximum Gasteiger partial charge on any atom is 0.158 e. The van der Waals surface area contributed by atoms with Gasteiger partial charge in [-0.15, -0.1) is 0 Å². The summed E-state index contributed by atoms with van der Waals surface area (Å²) in [5, 5.41) is 8.39. The van der Waals surface area contributed by atoms with E-state index in [-0.39, 0.29) is 0 Å². The van der Waals surface area contributed by atoms with Gasteiger partial charge >= 0.3 is 0 Å². The molecule has 5 aromatic rings. The molecule has 0 aliphatic rings. The predicted octanol–water partition coefficient (Wildman–Crippen LogP) is 7.10. The molecule has 0 fully saturated rings. The molecule has 4 aromatic carbocycles. The van der Waals surface area contributed by atoms with Crippen LogP contribution >= 0.6 is 0 Å². The third-order valence-electron chi connectivity index (χ3n) is 5.13. The van der Waals surface area contributed by atoms with Crippen LogP contribution in [0.4, 0.5) is 11.4 Å². The van der Waals surface area contributed by atoms with Gasteiger partial charge in [0.15, 0.2) is 5.58 Å². The normalized spacial score (nSPS) is 11.5. The van der Waals surface area contributed by atoms with Crippen LogP contribution in [0.15, 0.2) is 77.2 Å². The minimum Gasteiger partial charge on any atom is -0.454 e. The molecule has 0 amide bonds. The molecular formula is C24H19NO. The Hall–Kier alpha value is -3.26. The first-order chi connectivity index (χ1) is 12.7. The van der Waals surface area contributed by atoms with Crippen molar-refractivity contribution in [1.29, 1.82) is 0 Å². The third-order valence-corrected chi connectivity index (χ3v) is 5.13. The molecule has 1 aromatic heterocycles. The van der Waals surface area contributed by atoms with Gasteiger partial charge in [-0.25, -0.2) is 0 Å². The van der Waals surface area contributed by atoms with E-state index >= 15 is 0 Å². The fourth-order valence-corrected chi connectivity index (χ4v) is 3.81. The zero-order valence-corrected chi connectivity index (χ0v) is 14.8. The second-order valence-corrected chi connectivity index (χ2v) is 6.84. The smallest absolute Gasteiger partial charge is 0.158 e. The first-order valence-corrected chi connectivity index (χ1v) is 8.88. The van der Waals surface area contributed by atoms with E-state index in [1.54, 1.807) is 0 Å². The molecule has 126 valence electrons. The number of fused-ring (bicyclic) bond motifs is 5. The van der Waals surface area contributed by atoms with Crippen molar-refractivity contribution in [3.05, 3.63) is 83.9 Å². The number of hydrogen-bond acceptors (Lipinski definition) is 2. The van der Waals surface area contributed by atoms with Gasteiger partial charge in [-0.2, -0.15) is 0 Å². The third kappa shape index (κ3) is 2.19. The largest absolute Gasteiger partial charge is 0.454 e. The van der Waals surface area contributed by atoms with Gasteiger partial charge in [0.2, 0.25) is 0 Å². The Bertz CT molecular complexity index is 1260. The molecular weight excluding hydrogens is 318 g/mol. The molecule has 2 heteroatoms. The van der Waals surface area contributed by atoms with Gasteiger partial charge in [-0.05, 0) is 47.9 Å². The van der Waals surface area contributed by atoms with Crippen molar-refractivity contribution in [3.63, 3.8) is 0 Å². The van der Waals surface area contributed by atoms with Crippen molar-refractivity contribution < 1.29 is 4.42 Å². The average molecular weight is 337 g/mol. The molecule has 1 N–H and O–H groups in total. The Morgan fingerprint density at radius 2 is 1.42 bits per heavy atom. The lowest BCUT2D eigenvalue weighted by molar-refractivity contribution is 0.670. The molecule has 26 heavy (non-hydrogen) atoms. The number of furan rings is 1. The first kappa shape index (κ1) is 15.0. The van der Waals surface area contributed by atoms with E-state index in [1.807, 2.05) is 0 Å². The summed E-state index contributed by atoms with van der Waals surface area (Å²) in [5.74, 6) is 0. The second kappa shape index (κ2) is 5.63. The van der Waals surface area contributed by atoms with Crippen LogP contribution in [-0.4, -0.2) is 0 Å². The van der Waals surface area contributed by atoms with Crippen LogP contribution in [-0.2, 0) is 0 Å². The summed E-state index contributed by atoms with van der Waals surface area (Å²) >= 11 is 0. The molecule has 2 nitrogen and oxygen atoms in total. The maximum absolute atomic E-state index is 6.28. The van der Waals surface area contributed by atoms with Gasteiger partial charge in [0.1, 0.15) is 5.58 Å². The lowest BCUT2D eigenvalue weighted by Gasteiger charge is -2.12.